The number of halogens is 3. The van der Waals surface area contributed by atoms with Crippen molar-refractivity contribution in [1.82, 2.24) is 9.55 Å². The first-order valence-electron chi connectivity index (χ1n) is 5.52. The highest BCUT2D eigenvalue weighted by Crippen LogP contribution is 2.29. The highest BCUT2D eigenvalue weighted by Gasteiger charge is 2.17. The van der Waals surface area contributed by atoms with Gasteiger partial charge in [-0.15, -0.1) is 11.6 Å². The van der Waals surface area contributed by atoms with Gasteiger partial charge in [0.25, 0.3) is 0 Å². The van der Waals surface area contributed by atoms with Crippen molar-refractivity contribution in [3.8, 4) is 5.75 Å². The highest BCUT2D eigenvalue weighted by molar-refractivity contribution is 6.20. The Kier molecular flexibility index (Phi) is 3.71. The van der Waals surface area contributed by atoms with Crippen molar-refractivity contribution >= 4 is 22.6 Å². The maximum Gasteiger partial charge on any atom is 0.167 e. The van der Waals surface area contributed by atoms with Gasteiger partial charge in [-0.3, -0.25) is 0 Å². The predicted molar refractivity (Wildman–Crippen MR) is 66.5 cm³/mol. The molecule has 2 aromatic rings. The minimum absolute atomic E-state index is 0.108. The minimum atomic E-state index is -0.540. The van der Waals surface area contributed by atoms with E-state index in [1.54, 1.807) is 11.5 Å². The van der Waals surface area contributed by atoms with Crippen LogP contribution in [0, 0.1) is 5.82 Å². The van der Waals surface area contributed by atoms with Crippen LogP contribution in [0.2, 0.25) is 0 Å². The Bertz CT molecular complexity index is 569. The maximum atomic E-state index is 13.6. The smallest absolute Gasteiger partial charge is 0.167 e. The molecule has 0 amide bonds. The second kappa shape index (κ2) is 5.10. The standard InChI is InChI=1S/C12H13ClF2N2O/c1-7(13)12-16-9-5-8(15)11(18-2)6-10(9)17(12)4-3-14/h5-7H,3-4H2,1-2H3. The summed E-state index contributed by atoms with van der Waals surface area (Å²) in [6.07, 6.45) is 0. The van der Waals surface area contributed by atoms with Gasteiger partial charge in [-0.2, -0.15) is 0 Å². The first kappa shape index (κ1) is 13.1. The molecule has 1 aromatic heterocycles. The number of alkyl halides is 2. The molecule has 1 aromatic carbocycles. The Balaban J connectivity index is 2.69. The van der Waals surface area contributed by atoms with Crippen LogP contribution in [0.3, 0.4) is 0 Å². The molecule has 1 unspecified atom stereocenters. The second-order valence-corrected chi connectivity index (χ2v) is 4.56. The van der Waals surface area contributed by atoms with E-state index in [0.29, 0.717) is 16.9 Å². The number of ether oxygens (including phenoxy) is 1. The fourth-order valence-corrected chi connectivity index (χ4v) is 2.09. The molecule has 0 saturated heterocycles. The summed E-state index contributed by atoms with van der Waals surface area (Å²) in [5.41, 5.74) is 1.07. The van der Waals surface area contributed by atoms with Crippen LogP contribution < -0.4 is 4.74 Å². The average Bonchev–Trinajstić information content (AvgIpc) is 2.67. The number of rotatable bonds is 4. The van der Waals surface area contributed by atoms with Crippen LogP contribution in [0.5, 0.6) is 5.75 Å². The molecule has 98 valence electrons. The van der Waals surface area contributed by atoms with Crippen molar-refractivity contribution < 1.29 is 13.5 Å². The molecule has 1 atom stereocenters. The van der Waals surface area contributed by atoms with E-state index < -0.39 is 12.5 Å². The molecule has 0 fully saturated rings. The molecular weight excluding hydrogens is 262 g/mol. The normalized spacial score (nSPS) is 12.9. The number of fused-ring (bicyclic) bond motifs is 1. The molecule has 0 aliphatic heterocycles. The van der Waals surface area contributed by atoms with Crippen LogP contribution >= 0.6 is 11.6 Å². The number of hydrogen-bond acceptors (Lipinski definition) is 2. The van der Waals surface area contributed by atoms with Gasteiger partial charge in [0.2, 0.25) is 0 Å². The lowest BCUT2D eigenvalue weighted by Gasteiger charge is -2.08. The van der Waals surface area contributed by atoms with Crippen molar-refractivity contribution in [1.29, 1.82) is 0 Å². The highest BCUT2D eigenvalue weighted by atomic mass is 35.5. The predicted octanol–water partition coefficient (Wildman–Crippen LogP) is 3.45. The largest absolute Gasteiger partial charge is 0.494 e. The zero-order valence-electron chi connectivity index (χ0n) is 10.1. The number of aromatic nitrogens is 2. The van der Waals surface area contributed by atoms with Crippen LogP contribution in [0.15, 0.2) is 12.1 Å². The van der Waals surface area contributed by atoms with Crippen LogP contribution in [0.4, 0.5) is 8.78 Å². The SMILES string of the molecule is COc1cc2c(cc1F)nc(C(C)Cl)n2CCF. The molecule has 0 aliphatic carbocycles. The van der Waals surface area contributed by atoms with Crippen molar-refractivity contribution in [3.63, 3.8) is 0 Å². The Hall–Kier alpha value is -1.36. The summed E-state index contributed by atoms with van der Waals surface area (Å²) in [5, 5.41) is -0.377. The fraction of sp³-hybridized carbons (Fsp3) is 0.417. The number of benzene rings is 1. The van der Waals surface area contributed by atoms with Crippen molar-refractivity contribution in [2.75, 3.05) is 13.8 Å². The van der Waals surface area contributed by atoms with Gasteiger partial charge in [0.1, 0.15) is 12.5 Å². The van der Waals surface area contributed by atoms with Gasteiger partial charge in [-0.05, 0) is 6.92 Å². The Morgan fingerprint density at radius 2 is 2.22 bits per heavy atom. The lowest BCUT2D eigenvalue weighted by Crippen LogP contribution is -2.05. The molecular formula is C12H13ClF2N2O. The monoisotopic (exact) mass is 274 g/mol. The van der Waals surface area contributed by atoms with Crippen molar-refractivity contribution in [3.05, 3.63) is 23.8 Å². The third kappa shape index (κ3) is 2.14. The number of imidazole rings is 1. The van der Waals surface area contributed by atoms with Gasteiger partial charge >= 0.3 is 0 Å². The topological polar surface area (TPSA) is 27.1 Å². The molecule has 1 heterocycles. The summed E-state index contributed by atoms with van der Waals surface area (Å²) < 4.78 is 32.7. The van der Waals surface area contributed by atoms with Gasteiger partial charge in [0, 0.05) is 12.1 Å². The van der Waals surface area contributed by atoms with Gasteiger partial charge in [-0.25, -0.2) is 13.8 Å². The number of aryl methyl sites for hydroxylation is 1. The summed E-state index contributed by atoms with van der Waals surface area (Å²) in [4.78, 5) is 4.24. The van der Waals surface area contributed by atoms with Crippen LogP contribution in [-0.2, 0) is 6.54 Å². The van der Waals surface area contributed by atoms with Crippen molar-refractivity contribution in [2.45, 2.75) is 18.8 Å². The summed E-state index contributed by atoms with van der Waals surface area (Å²) in [6.45, 7) is 1.34. The number of methoxy groups -OCH3 is 1. The van der Waals surface area contributed by atoms with Gasteiger partial charge < -0.3 is 9.30 Å². The van der Waals surface area contributed by atoms with Crippen LogP contribution in [0.25, 0.3) is 11.0 Å². The molecule has 0 saturated carbocycles. The molecule has 0 N–H and O–H groups in total. The van der Waals surface area contributed by atoms with Crippen molar-refractivity contribution in [2.24, 2.45) is 0 Å². The Labute approximate surface area is 108 Å². The van der Waals surface area contributed by atoms with Crippen LogP contribution in [0.1, 0.15) is 18.1 Å². The molecule has 0 bridgehead atoms. The lowest BCUT2D eigenvalue weighted by atomic mass is 10.3. The first-order valence-corrected chi connectivity index (χ1v) is 5.95. The van der Waals surface area contributed by atoms with Gasteiger partial charge in [0.05, 0.1) is 30.1 Å². The zero-order chi connectivity index (χ0) is 13.3. The lowest BCUT2D eigenvalue weighted by molar-refractivity contribution is 0.387. The maximum absolute atomic E-state index is 13.6. The summed E-state index contributed by atoms with van der Waals surface area (Å²) >= 11 is 6.00. The van der Waals surface area contributed by atoms with Gasteiger partial charge in [-0.1, -0.05) is 0 Å². The van der Waals surface area contributed by atoms with E-state index in [0.717, 1.165) is 0 Å². The molecule has 0 spiro atoms. The summed E-state index contributed by atoms with van der Waals surface area (Å²) in [5.74, 6) is 0.136. The summed E-state index contributed by atoms with van der Waals surface area (Å²) in [6, 6.07) is 2.78. The molecule has 6 heteroatoms. The van der Waals surface area contributed by atoms with E-state index >= 15 is 0 Å². The first-order chi connectivity index (χ1) is 8.58. The Morgan fingerprint density at radius 3 is 2.78 bits per heavy atom. The van der Waals surface area contributed by atoms with Gasteiger partial charge in [0.15, 0.2) is 11.6 Å². The second-order valence-electron chi connectivity index (χ2n) is 3.90. The van der Waals surface area contributed by atoms with E-state index in [1.807, 2.05) is 0 Å². The molecule has 0 aliphatic rings. The quantitative estimate of drug-likeness (QED) is 0.799. The number of hydrogen-bond donors (Lipinski definition) is 0. The fourth-order valence-electron chi connectivity index (χ4n) is 1.92. The molecule has 2 rings (SSSR count). The molecule has 0 radical (unpaired) electrons. The number of nitrogens with zero attached hydrogens (tertiary/aromatic N) is 2. The minimum Gasteiger partial charge on any atom is -0.494 e. The summed E-state index contributed by atoms with van der Waals surface area (Å²) in [7, 11) is 1.38. The van der Waals surface area contributed by atoms with E-state index in [1.165, 1.54) is 19.2 Å². The third-order valence-corrected chi connectivity index (χ3v) is 2.91. The average molecular weight is 275 g/mol. The van der Waals surface area contributed by atoms with E-state index in [4.69, 9.17) is 16.3 Å². The Morgan fingerprint density at radius 1 is 1.50 bits per heavy atom. The van der Waals surface area contributed by atoms with E-state index in [2.05, 4.69) is 4.98 Å². The van der Waals surface area contributed by atoms with Crippen LogP contribution in [-0.4, -0.2) is 23.3 Å². The molecule has 3 nitrogen and oxygen atoms in total. The molecule has 18 heavy (non-hydrogen) atoms. The van der Waals surface area contributed by atoms with E-state index in [-0.39, 0.29) is 17.7 Å². The van der Waals surface area contributed by atoms with E-state index in [9.17, 15) is 8.78 Å². The zero-order valence-corrected chi connectivity index (χ0v) is 10.8. The third-order valence-electron chi connectivity index (χ3n) is 2.72.